The van der Waals surface area contributed by atoms with Crippen LogP contribution in [0.2, 0.25) is 0 Å². The Morgan fingerprint density at radius 3 is 2.76 bits per heavy atom. The first-order chi connectivity index (χ1) is 8.11. The van der Waals surface area contributed by atoms with E-state index in [1.54, 1.807) is 18.2 Å². The van der Waals surface area contributed by atoms with Crippen molar-refractivity contribution in [1.29, 1.82) is 0 Å². The molecule has 0 bridgehead atoms. The molecule has 2 aromatic rings. The summed E-state index contributed by atoms with van der Waals surface area (Å²) in [5.41, 5.74) is 0.467. The summed E-state index contributed by atoms with van der Waals surface area (Å²) in [4.78, 5) is 0. The summed E-state index contributed by atoms with van der Waals surface area (Å²) in [7, 11) is 1.85. The molecule has 0 radical (unpaired) electrons. The van der Waals surface area contributed by atoms with Gasteiger partial charge in [0.25, 0.3) is 0 Å². The molecule has 0 fully saturated rings. The third-order valence-corrected chi connectivity index (χ3v) is 3.17. The second-order valence-corrected chi connectivity index (χ2v) is 4.75. The minimum absolute atomic E-state index is 0.110. The van der Waals surface area contributed by atoms with Crippen LogP contribution in [-0.4, -0.2) is 7.05 Å². The summed E-state index contributed by atoms with van der Waals surface area (Å²) in [5, 5.41) is 3.08. The minimum atomic E-state index is -0.286. The number of hydrogen-bond acceptors (Lipinski definition) is 2. The zero-order chi connectivity index (χ0) is 12.4. The Kier molecular flexibility index (Phi) is 3.64. The number of benzene rings is 1. The van der Waals surface area contributed by atoms with Gasteiger partial charge < -0.3 is 9.73 Å². The molecule has 1 atom stereocenters. The molecule has 90 valence electrons. The molecule has 0 aliphatic carbocycles. The molecule has 0 saturated heterocycles. The molecule has 0 amide bonds. The maximum absolute atomic E-state index is 13.7. The van der Waals surface area contributed by atoms with Crippen molar-refractivity contribution >= 4 is 15.9 Å². The van der Waals surface area contributed by atoms with E-state index < -0.39 is 0 Å². The molecule has 0 aliphatic rings. The maximum Gasteiger partial charge on any atom is 0.137 e. The van der Waals surface area contributed by atoms with Crippen molar-refractivity contribution in [3.63, 3.8) is 0 Å². The first-order valence-corrected chi connectivity index (χ1v) is 6.13. The van der Waals surface area contributed by atoms with E-state index in [2.05, 4.69) is 21.2 Å². The topological polar surface area (TPSA) is 25.2 Å². The molecule has 17 heavy (non-hydrogen) atoms. The lowest BCUT2D eigenvalue weighted by Crippen LogP contribution is -2.11. The predicted molar refractivity (Wildman–Crippen MR) is 69.3 cm³/mol. The van der Waals surface area contributed by atoms with Crippen molar-refractivity contribution in [3.8, 4) is 11.3 Å². The van der Waals surface area contributed by atoms with Gasteiger partial charge in [-0.05, 0) is 44.3 Å². The van der Waals surface area contributed by atoms with Gasteiger partial charge in [-0.15, -0.1) is 0 Å². The van der Waals surface area contributed by atoms with Gasteiger partial charge in [-0.2, -0.15) is 0 Å². The molecule has 1 heterocycles. The Bertz CT molecular complexity index is 524. The fourth-order valence-electron chi connectivity index (χ4n) is 1.56. The van der Waals surface area contributed by atoms with E-state index in [0.29, 0.717) is 11.3 Å². The fraction of sp³-hybridized carbons (Fsp3) is 0.231. The van der Waals surface area contributed by atoms with Crippen molar-refractivity contribution in [3.05, 3.63) is 46.4 Å². The second-order valence-electron chi connectivity index (χ2n) is 3.84. The highest BCUT2D eigenvalue weighted by molar-refractivity contribution is 9.10. The van der Waals surface area contributed by atoms with Crippen molar-refractivity contribution in [2.75, 3.05) is 7.05 Å². The molecule has 1 N–H and O–H groups in total. The monoisotopic (exact) mass is 297 g/mol. The first kappa shape index (κ1) is 12.3. The standard InChI is InChI=1S/C13H13BrFNO/c1-8(16-2)12-5-6-13(17-12)10-7-9(14)3-4-11(10)15/h3-8,16H,1-2H3. The number of hydrogen-bond donors (Lipinski definition) is 1. The number of rotatable bonds is 3. The van der Waals surface area contributed by atoms with Crippen LogP contribution in [0.3, 0.4) is 0 Å². The summed E-state index contributed by atoms with van der Waals surface area (Å²) < 4.78 is 20.1. The van der Waals surface area contributed by atoms with Gasteiger partial charge in [0.15, 0.2) is 0 Å². The average molecular weight is 298 g/mol. The SMILES string of the molecule is CNC(C)c1ccc(-c2cc(Br)ccc2F)o1. The highest BCUT2D eigenvalue weighted by Gasteiger charge is 2.12. The van der Waals surface area contributed by atoms with E-state index in [9.17, 15) is 4.39 Å². The largest absolute Gasteiger partial charge is 0.459 e. The van der Waals surface area contributed by atoms with Gasteiger partial charge in [-0.25, -0.2) is 4.39 Å². The fourth-order valence-corrected chi connectivity index (χ4v) is 1.92. The van der Waals surface area contributed by atoms with Crippen LogP contribution < -0.4 is 5.32 Å². The Morgan fingerprint density at radius 2 is 2.06 bits per heavy atom. The van der Waals surface area contributed by atoms with Gasteiger partial charge in [0.1, 0.15) is 17.3 Å². The summed E-state index contributed by atoms with van der Waals surface area (Å²) in [5.74, 6) is 1.05. The highest BCUT2D eigenvalue weighted by Crippen LogP contribution is 2.29. The van der Waals surface area contributed by atoms with Gasteiger partial charge in [0, 0.05) is 4.47 Å². The van der Waals surface area contributed by atoms with Gasteiger partial charge in [0.2, 0.25) is 0 Å². The summed E-state index contributed by atoms with van der Waals surface area (Å²) in [6.45, 7) is 1.99. The van der Waals surface area contributed by atoms with Crippen LogP contribution in [-0.2, 0) is 0 Å². The average Bonchev–Trinajstić information content (AvgIpc) is 2.80. The lowest BCUT2D eigenvalue weighted by atomic mass is 10.1. The van der Waals surface area contributed by atoms with E-state index in [0.717, 1.165) is 10.2 Å². The van der Waals surface area contributed by atoms with Crippen molar-refractivity contribution in [2.45, 2.75) is 13.0 Å². The summed E-state index contributed by atoms with van der Waals surface area (Å²) in [6.07, 6.45) is 0. The van der Waals surface area contributed by atoms with E-state index in [1.807, 2.05) is 20.0 Å². The molecular formula is C13H13BrFNO. The molecule has 0 spiro atoms. The zero-order valence-electron chi connectivity index (χ0n) is 9.63. The molecule has 1 aromatic carbocycles. The molecule has 2 nitrogen and oxygen atoms in total. The maximum atomic E-state index is 13.7. The minimum Gasteiger partial charge on any atom is -0.459 e. The van der Waals surface area contributed by atoms with Crippen LogP contribution in [0.15, 0.2) is 39.2 Å². The van der Waals surface area contributed by atoms with Crippen LogP contribution in [0.25, 0.3) is 11.3 Å². The van der Waals surface area contributed by atoms with Crippen LogP contribution >= 0.6 is 15.9 Å². The quantitative estimate of drug-likeness (QED) is 0.921. The van der Waals surface area contributed by atoms with Gasteiger partial charge >= 0.3 is 0 Å². The molecule has 0 aliphatic heterocycles. The Hall–Kier alpha value is -1.13. The molecule has 1 unspecified atom stereocenters. The predicted octanol–water partition coefficient (Wildman–Crippen LogP) is 4.13. The van der Waals surface area contributed by atoms with E-state index >= 15 is 0 Å². The smallest absolute Gasteiger partial charge is 0.137 e. The third kappa shape index (κ3) is 2.58. The van der Waals surface area contributed by atoms with Crippen LogP contribution in [0.5, 0.6) is 0 Å². The number of nitrogens with one attached hydrogen (secondary N) is 1. The Morgan fingerprint density at radius 1 is 1.29 bits per heavy atom. The molecule has 0 saturated carbocycles. The van der Waals surface area contributed by atoms with Crippen LogP contribution in [0.4, 0.5) is 4.39 Å². The lowest BCUT2D eigenvalue weighted by Gasteiger charge is -2.06. The van der Waals surface area contributed by atoms with Gasteiger partial charge in [-0.1, -0.05) is 15.9 Å². The summed E-state index contributed by atoms with van der Waals surface area (Å²) >= 11 is 3.32. The Labute approximate surface area is 108 Å². The van der Waals surface area contributed by atoms with Crippen molar-refractivity contribution < 1.29 is 8.81 Å². The second kappa shape index (κ2) is 5.02. The first-order valence-electron chi connectivity index (χ1n) is 5.34. The summed E-state index contributed by atoms with van der Waals surface area (Å²) in [6, 6.07) is 8.55. The highest BCUT2D eigenvalue weighted by atomic mass is 79.9. The van der Waals surface area contributed by atoms with Crippen LogP contribution in [0, 0.1) is 5.82 Å². The van der Waals surface area contributed by atoms with Gasteiger partial charge in [0.05, 0.1) is 11.6 Å². The van der Waals surface area contributed by atoms with Gasteiger partial charge in [-0.3, -0.25) is 0 Å². The van der Waals surface area contributed by atoms with E-state index in [-0.39, 0.29) is 11.9 Å². The van der Waals surface area contributed by atoms with E-state index in [1.165, 1.54) is 6.07 Å². The molecular weight excluding hydrogens is 285 g/mol. The number of furan rings is 1. The number of halogens is 2. The normalized spacial score (nSPS) is 12.7. The van der Waals surface area contributed by atoms with E-state index in [4.69, 9.17) is 4.42 Å². The van der Waals surface area contributed by atoms with Crippen LogP contribution in [0.1, 0.15) is 18.7 Å². The van der Waals surface area contributed by atoms with Crippen molar-refractivity contribution in [1.82, 2.24) is 5.32 Å². The lowest BCUT2D eigenvalue weighted by molar-refractivity contribution is 0.456. The molecule has 2 rings (SSSR count). The molecule has 4 heteroatoms. The third-order valence-electron chi connectivity index (χ3n) is 2.68. The van der Waals surface area contributed by atoms with Crippen molar-refractivity contribution in [2.24, 2.45) is 0 Å². The Balaban J connectivity index is 2.40. The molecule has 1 aromatic heterocycles. The zero-order valence-corrected chi connectivity index (χ0v) is 11.2.